The standard InChI is InChI=1S/C23H33N3O2.2CH2O2/c1-2-23(27)9-4-7-20-16-26(17-22(20)23)15-19-6-3-8-21(14-19)28-13-5-11-25-12-10-24-18-25;2*2-1-3/h3,6,8,10,12,14,18,20,22,27H,2,4-5,7,9,11,13,15-17H2,1H3;2*1H,(H,2,3)/t20-,22+,23-;;/m0../s1. The number of imidazole rings is 1. The van der Waals surface area contributed by atoms with Gasteiger partial charge in [-0.25, -0.2) is 4.98 Å². The van der Waals surface area contributed by atoms with Crippen molar-refractivity contribution in [2.24, 2.45) is 11.8 Å². The number of hydrogen-bond donors (Lipinski definition) is 3. The second-order valence-electron chi connectivity index (χ2n) is 8.77. The van der Waals surface area contributed by atoms with Crippen LogP contribution >= 0.6 is 0 Å². The van der Waals surface area contributed by atoms with Crippen LogP contribution in [0, 0.1) is 11.8 Å². The van der Waals surface area contributed by atoms with Crippen LogP contribution in [0.25, 0.3) is 0 Å². The Morgan fingerprint density at radius 1 is 1.24 bits per heavy atom. The van der Waals surface area contributed by atoms with E-state index in [-0.39, 0.29) is 12.9 Å². The molecule has 1 aromatic heterocycles. The molecule has 2 aromatic rings. The van der Waals surface area contributed by atoms with Gasteiger partial charge < -0.3 is 24.6 Å². The maximum Gasteiger partial charge on any atom is 0.290 e. The predicted molar refractivity (Wildman–Crippen MR) is 128 cm³/mol. The maximum absolute atomic E-state index is 11.0. The van der Waals surface area contributed by atoms with Gasteiger partial charge in [-0.1, -0.05) is 25.5 Å². The Hall–Kier alpha value is -2.91. The van der Waals surface area contributed by atoms with Crippen LogP contribution < -0.4 is 4.74 Å². The third kappa shape index (κ3) is 8.14. The highest BCUT2D eigenvalue weighted by atomic mass is 16.5. The van der Waals surface area contributed by atoms with Gasteiger partial charge in [-0.05, 0) is 49.3 Å². The van der Waals surface area contributed by atoms with E-state index in [0.29, 0.717) is 18.4 Å². The lowest BCUT2D eigenvalue weighted by atomic mass is 9.69. The largest absolute Gasteiger partial charge is 0.494 e. The first-order valence-corrected chi connectivity index (χ1v) is 11.8. The number of likely N-dealkylation sites (tertiary alicyclic amines) is 1. The Morgan fingerprint density at radius 3 is 2.68 bits per heavy atom. The summed E-state index contributed by atoms with van der Waals surface area (Å²) < 4.78 is 8.04. The molecule has 2 fully saturated rings. The molecule has 3 atom stereocenters. The van der Waals surface area contributed by atoms with Gasteiger partial charge in [0, 0.05) is 44.5 Å². The van der Waals surface area contributed by atoms with Crippen LogP contribution in [0.5, 0.6) is 5.75 Å². The normalized spacial score (nSPS) is 23.5. The van der Waals surface area contributed by atoms with Crippen LogP contribution in [0.15, 0.2) is 43.0 Å². The third-order valence-corrected chi connectivity index (χ3v) is 6.70. The quantitative estimate of drug-likeness (QED) is 0.393. The Kier molecular flexibility index (Phi) is 11.6. The molecule has 0 unspecified atom stereocenters. The topological polar surface area (TPSA) is 125 Å². The van der Waals surface area contributed by atoms with Gasteiger partial charge in [-0.3, -0.25) is 14.5 Å². The third-order valence-electron chi connectivity index (χ3n) is 6.70. The summed E-state index contributed by atoms with van der Waals surface area (Å²) >= 11 is 0. The van der Waals surface area contributed by atoms with E-state index in [9.17, 15) is 5.11 Å². The number of ether oxygens (including phenoxy) is 1. The number of hydrogen-bond acceptors (Lipinski definition) is 6. The highest BCUT2D eigenvalue weighted by Gasteiger charge is 2.47. The molecule has 1 aromatic carbocycles. The lowest BCUT2D eigenvalue weighted by Gasteiger charge is -2.40. The molecule has 3 N–H and O–H groups in total. The number of carbonyl (C=O) groups is 2. The van der Waals surface area contributed by atoms with Crippen molar-refractivity contribution in [3.05, 3.63) is 48.5 Å². The zero-order valence-electron chi connectivity index (χ0n) is 19.8. The highest BCUT2D eigenvalue weighted by Crippen LogP contribution is 2.44. The van der Waals surface area contributed by atoms with Crippen molar-refractivity contribution < 1.29 is 29.6 Å². The molecule has 1 aliphatic heterocycles. The molecule has 2 heterocycles. The summed E-state index contributed by atoms with van der Waals surface area (Å²) in [5.41, 5.74) is 0.850. The Labute approximate surface area is 201 Å². The molecule has 188 valence electrons. The summed E-state index contributed by atoms with van der Waals surface area (Å²) in [5.74, 6) is 2.04. The van der Waals surface area contributed by atoms with Gasteiger partial charge in [0.25, 0.3) is 12.9 Å². The monoisotopic (exact) mass is 475 g/mol. The molecule has 0 spiro atoms. The summed E-state index contributed by atoms with van der Waals surface area (Å²) in [4.78, 5) is 23.3. The molecule has 1 saturated heterocycles. The van der Waals surface area contributed by atoms with Crippen LogP contribution in [-0.2, 0) is 22.7 Å². The number of aryl methyl sites for hydroxylation is 1. The molecule has 4 rings (SSSR count). The van der Waals surface area contributed by atoms with Gasteiger partial charge in [-0.2, -0.15) is 0 Å². The number of aliphatic hydroxyl groups is 1. The minimum absolute atomic E-state index is 0.250. The van der Waals surface area contributed by atoms with Gasteiger partial charge in [-0.15, -0.1) is 0 Å². The molecular weight excluding hydrogens is 438 g/mol. The van der Waals surface area contributed by atoms with Gasteiger partial charge in [0.1, 0.15) is 5.75 Å². The van der Waals surface area contributed by atoms with Crippen molar-refractivity contribution in [1.29, 1.82) is 0 Å². The van der Waals surface area contributed by atoms with Gasteiger partial charge in [0.05, 0.1) is 18.5 Å². The molecule has 2 aliphatic rings. The number of aromatic nitrogens is 2. The van der Waals surface area contributed by atoms with Crippen LogP contribution in [0.2, 0.25) is 0 Å². The zero-order chi connectivity index (χ0) is 24.8. The van der Waals surface area contributed by atoms with Crippen molar-refractivity contribution in [2.45, 2.75) is 57.7 Å². The number of rotatable bonds is 8. The second-order valence-corrected chi connectivity index (χ2v) is 8.77. The van der Waals surface area contributed by atoms with Crippen molar-refractivity contribution in [2.75, 3.05) is 19.7 Å². The highest BCUT2D eigenvalue weighted by molar-refractivity contribution is 5.33. The number of fused-ring (bicyclic) bond motifs is 1. The fourth-order valence-corrected chi connectivity index (χ4v) is 5.13. The van der Waals surface area contributed by atoms with Crippen molar-refractivity contribution in [3.63, 3.8) is 0 Å². The Morgan fingerprint density at radius 2 is 2.00 bits per heavy atom. The number of benzene rings is 1. The lowest BCUT2D eigenvalue weighted by molar-refractivity contribution is -0.123. The van der Waals surface area contributed by atoms with E-state index in [2.05, 4.69) is 39.6 Å². The number of nitrogens with zero attached hydrogens (tertiary/aromatic N) is 3. The Bertz CT molecular complexity index is 841. The summed E-state index contributed by atoms with van der Waals surface area (Å²) in [7, 11) is 0. The molecular formula is C25H37N3O6. The predicted octanol–water partition coefficient (Wildman–Crippen LogP) is 3.13. The van der Waals surface area contributed by atoms with E-state index in [1.807, 2.05) is 18.6 Å². The minimum atomic E-state index is -0.447. The second kappa shape index (κ2) is 14.4. The van der Waals surface area contributed by atoms with Crippen LogP contribution in [0.3, 0.4) is 0 Å². The fourth-order valence-electron chi connectivity index (χ4n) is 5.13. The maximum atomic E-state index is 11.0. The first kappa shape index (κ1) is 27.3. The molecule has 0 radical (unpaired) electrons. The molecule has 0 amide bonds. The molecule has 9 nitrogen and oxygen atoms in total. The summed E-state index contributed by atoms with van der Waals surface area (Å²) in [6.45, 7) is 6.35. The fraction of sp³-hybridized carbons (Fsp3) is 0.560. The first-order valence-electron chi connectivity index (χ1n) is 11.8. The van der Waals surface area contributed by atoms with Gasteiger partial charge in [0.2, 0.25) is 0 Å². The smallest absolute Gasteiger partial charge is 0.290 e. The van der Waals surface area contributed by atoms with E-state index in [0.717, 1.165) is 51.2 Å². The SMILES string of the molecule is CC[C@]1(O)CCC[C@H]2CN(Cc3cccc(OCCCn4ccnc4)c3)C[C@H]21.O=CO.O=CO. The van der Waals surface area contributed by atoms with Crippen LogP contribution in [0.1, 0.15) is 44.6 Å². The molecule has 34 heavy (non-hydrogen) atoms. The van der Waals surface area contributed by atoms with Crippen molar-refractivity contribution in [1.82, 2.24) is 14.5 Å². The zero-order valence-corrected chi connectivity index (χ0v) is 19.8. The van der Waals surface area contributed by atoms with Gasteiger partial charge >= 0.3 is 0 Å². The van der Waals surface area contributed by atoms with E-state index in [4.69, 9.17) is 24.5 Å². The van der Waals surface area contributed by atoms with Crippen LogP contribution in [0.4, 0.5) is 0 Å². The molecule has 0 bridgehead atoms. The average molecular weight is 476 g/mol. The first-order chi connectivity index (χ1) is 16.5. The minimum Gasteiger partial charge on any atom is -0.494 e. The van der Waals surface area contributed by atoms with E-state index >= 15 is 0 Å². The molecule has 1 aliphatic carbocycles. The Balaban J connectivity index is 0.000000618. The van der Waals surface area contributed by atoms with Crippen molar-refractivity contribution in [3.8, 4) is 5.75 Å². The summed E-state index contributed by atoms with van der Waals surface area (Å²) in [5, 5.41) is 24.8. The summed E-state index contributed by atoms with van der Waals surface area (Å²) in [6, 6.07) is 8.49. The molecule has 9 heteroatoms. The number of carboxylic acid groups (broad SMARTS) is 2. The molecule has 1 saturated carbocycles. The van der Waals surface area contributed by atoms with E-state index in [1.165, 1.54) is 18.4 Å². The van der Waals surface area contributed by atoms with Crippen LogP contribution in [-0.4, -0.2) is 68.0 Å². The van der Waals surface area contributed by atoms with E-state index in [1.54, 1.807) is 6.20 Å². The van der Waals surface area contributed by atoms with Gasteiger partial charge in [0.15, 0.2) is 0 Å². The summed E-state index contributed by atoms with van der Waals surface area (Å²) in [6.07, 6.45) is 10.9. The van der Waals surface area contributed by atoms with Crippen molar-refractivity contribution >= 4 is 12.9 Å². The average Bonchev–Trinajstić information content (AvgIpc) is 3.49. The van der Waals surface area contributed by atoms with E-state index < -0.39 is 5.60 Å². The lowest BCUT2D eigenvalue weighted by Crippen LogP contribution is -2.44.